The molecule has 1 aromatic carbocycles. The number of rotatable bonds is 4. The molecule has 2 N–H and O–H groups in total. The third kappa shape index (κ3) is 3.25. The van der Waals surface area contributed by atoms with Crippen molar-refractivity contribution < 1.29 is 17.3 Å². The molecule has 114 valence electrons. The van der Waals surface area contributed by atoms with Gasteiger partial charge in [-0.25, -0.2) is 12.8 Å². The van der Waals surface area contributed by atoms with E-state index in [1.165, 1.54) is 13.1 Å². The van der Waals surface area contributed by atoms with Gasteiger partial charge < -0.3 is 10.3 Å². The summed E-state index contributed by atoms with van der Waals surface area (Å²) in [5.41, 5.74) is 6.15. The number of nitrogen functional groups attached to an aromatic ring is 1. The average molecular weight is 378 g/mol. The molecule has 0 fully saturated rings. The van der Waals surface area contributed by atoms with Gasteiger partial charge in [0.05, 0.1) is 16.7 Å². The fraction of sp³-hybridized carbons (Fsp3) is 0.250. The first-order valence-corrected chi connectivity index (χ1v) is 8.08. The number of sulfonamides is 1. The first-order valence-electron chi connectivity index (χ1n) is 5.85. The zero-order valence-corrected chi connectivity index (χ0v) is 13.7. The van der Waals surface area contributed by atoms with Crippen LogP contribution in [0.4, 0.5) is 10.1 Å². The molecule has 1 heterocycles. The van der Waals surface area contributed by atoms with Gasteiger partial charge in [0.25, 0.3) is 0 Å². The molecule has 0 aliphatic rings. The normalized spacial score (nSPS) is 12.0. The number of halogens is 2. The van der Waals surface area contributed by atoms with Gasteiger partial charge in [-0.05, 0) is 35.0 Å². The molecule has 0 aliphatic carbocycles. The van der Waals surface area contributed by atoms with Crippen LogP contribution >= 0.6 is 15.9 Å². The quantitative estimate of drug-likeness (QED) is 0.825. The molecule has 0 spiro atoms. The Labute approximate surface area is 129 Å². The lowest BCUT2D eigenvalue weighted by atomic mass is 10.3. The standard InChI is InChI=1S/C12H13BrFN3O3S/c1-7-3-9(16-20-7)6-17(2)21(18,19)11-5-8(15)4-10(13)12(11)14/h3-5H,6,15H2,1-2H3. The zero-order chi connectivity index (χ0) is 15.8. The van der Waals surface area contributed by atoms with Crippen LogP contribution in [-0.2, 0) is 16.6 Å². The fourth-order valence-corrected chi connectivity index (χ4v) is 3.61. The number of nitrogens with zero attached hydrogens (tertiary/aromatic N) is 2. The largest absolute Gasteiger partial charge is 0.399 e. The van der Waals surface area contributed by atoms with E-state index in [0.29, 0.717) is 11.5 Å². The van der Waals surface area contributed by atoms with E-state index in [-0.39, 0.29) is 16.7 Å². The van der Waals surface area contributed by atoms with Gasteiger partial charge in [-0.15, -0.1) is 0 Å². The number of aryl methyl sites for hydroxylation is 1. The molecular formula is C12H13BrFN3O3S. The first kappa shape index (κ1) is 15.9. The fourth-order valence-electron chi connectivity index (χ4n) is 1.74. The summed E-state index contributed by atoms with van der Waals surface area (Å²) < 4.78 is 44.7. The van der Waals surface area contributed by atoms with E-state index < -0.39 is 20.7 Å². The van der Waals surface area contributed by atoms with Crippen LogP contribution in [0.1, 0.15) is 11.5 Å². The highest BCUT2D eigenvalue weighted by Crippen LogP contribution is 2.28. The minimum atomic E-state index is -4.04. The smallest absolute Gasteiger partial charge is 0.246 e. The molecule has 0 radical (unpaired) electrons. The van der Waals surface area contributed by atoms with Crippen molar-refractivity contribution >= 4 is 31.6 Å². The summed E-state index contributed by atoms with van der Waals surface area (Å²) >= 11 is 2.94. The minimum Gasteiger partial charge on any atom is -0.399 e. The zero-order valence-electron chi connectivity index (χ0n) is 11.3. The Morgan fingerprint density at radius 2 is 2.10 bits per heavy atom. The molecular weight excluding hydrogens is 365 g/mol. The summed E-state index contributed by atoms with van der Waals surface area (Å²) in [7, 11) is -2.71. The molecule has 0 unspecified atom stereocenters. The van der Waals surface area contributed by atoms with Gasteiger partial charge in [-0.2, -0.15) is 4.31 Å². The van der Waals surface area contributed by atoms with Crippen LogP contribution in [0.5, 0.6) is 0 Å². The predicted octanol–water partition coefficient (Wildman–Crippen LogP) is 2.29. The lowest BCUT2D eigenvalue weighted by Gasteiger charge is -2.17. The Balaban J connectivity index is 2.37. The molecule has 2 rings (SSSR count). The topological polar surface area (TPSA) is 89.4 Å². The SMILES string of the molecule is Cc1cc(CN(C)S(=O)(=O)c2cc(N)cc(Br)c2F)no1. The van der Waals surface area contributed by atoms with E-state index in [4.69, 9.17) is 10.3 Å². The van der Waals surface area contributed by atoms with Crippen LogP contribution in [0.3, 0.4) is 0 Å². The van der Waals surface area contributed by atoms with Gasteiger partial charge >= 0.3 is 0 Å². The number of aromatic nitrogens is 1. The summed E-state index contributed by atoms with van der Waals surface area (Å²) in [6.45, 7) is 1.66. The average Bonchev–Trinajstić information content (AvgIpc) is 2.79. The van der Waals surface area contributed by atoms with Crippen LogP contribution in [0.25, 0.3) is 0 Å². The molecule has 6 nitrogen and oxygen atoms in total. The monoisotopic (exact) mass is 377 g/mol. The van der Waals surface area contributed by atoms with Crippen molar-refractivity contribution in [2.75, 3.05) is 12.8 Å². The van der Waals surface area contributed by atoms with Crippen molar-refractivity contribution in [3.8, 4) is 0 Å². The van der Waals surface area contributed by atoms with Gasteiger partial charge in [0.1, 0.15) is 10.7 Å². The van der Waals surface area contributed by atoms with E-state index in [0.717, 1.165) is 10.4 Å². The van der Waals surface area contributed by atoms with Crippen molar-refractivity contribution in [1.82, 2.24) is 9.46 Å². The van der Waals surface area contributed by atoms with Crippen LogP contribution < -0.4 is 5.73 Å². The third-order valence-electron chi connectivity index (χ3n) is 2.77. The molecule has 1 aromatic heterocycles. The minimum absolute atomic E-state index is 0.00763. The summed E-state index contributed by atoms with van der Waals surface area (Å²) in [6, 6.07) is 3.99. The van der Waals surface area contributed by atoms with E-state index in [2.05, 4.69) is 21.1 Å². The molecule has 9 heteroatoms. The summed E-state index contributed by atoms with van der Waals surface area (Å²) in [4.78, 5) is -0.489. The van der Waals surface area contributed by atoms with Crippen molar-refractivity contribution in [2.45, 2.75) is 18.4 Å². The molecule has 21 heavy (non-hydrogen) atoms. The predicted molar refractivity (Wildman–Crippen MR) is 78.4 cm³/mol. The second kappa shape index (κ2) is 5.74. The summed E-state index contributed by atoms with van der Waals surface area (Å²) in [5.74, 6) is -0.318. The molecule has 0 bridgehead atoms. The molecule has 2 aromatic rings. The van der Waals surface area contributed by atoms with Crippen LogP contribution in [0, 0.1) is 12.7 Å². The van der Waals surface area contributed by atoms with Crippen LogP contribution in [-0.4, -0.2) is 24.9 Å². The molecule has 0 aliphatic heterocycles. The highest BCUT2D eigenvalue weighted by molar-refractivity contribution is 9.10. The highest BCUT2D eigenvalue weighted by atomic mass is 79.9. The van der Waals surface area contributed by atoms with Gasteiger partial charge in [0.2, 0.25) is 10.0 Å². The third-order valence-corrected chi connectivity index (χ3v) is 5.15. The number of anilines is 1. The molecule has 0 amide bonds. The van der Waals surface area contributed by atoms with Crippen molar-refractivity contribution in [1.29, 1.82) is 0 Å². The van der Waals surface area contributed by atoms with Crippen LogP contribution in [0.2, 0.25) is 0 Å². The maximum Gasteiger partial charge on any atom is 0.246 e. The molecule has 0 saturated carbocycles. The van der Waals surface area contributed by atoms with Gasteiger partial charge in [-0.1, -0.05) is 5.16 Å². The Morgan fingerprint density at radius 1 is 1.43 bits per heavy atom. The second-order valence-corrected chi connectivity index (χ2v) is 7.37. The number of benzene rings is 1. The van der Waals surface area contributed by atoms with Crippen LogP contribution in [0.15, 0.2) is 32.1 Å². The van der Waals surface area contributed by atoms with E-state index in [9.17, 15) is 12.8 Å². The number of hydrogen-bond acceptors (Lipinski definition) is 5. The maximum atomic E-state index is 14.0. The van der Waals surface area contributed by atoms with Gasteiger partial charge in [-0.3, -0.25) is 0 Å². The Hall–Kier alpha value is -1.45. The highest BCUT2D eigenvalue weighted by Gasteiger charge is 2.27. The van der Waals surface area contributed by atoms with Gasteiger partial charge in [0.15, 0.2) is 5.82 Å². The lowest BCUT2D eigenvalue weighted by Crippen LogP contribution is -2.27. The van der Waals surface area contributed by atoms with Gasteiger partial charge in [0, 0.05) is 18.8 Å². The lowest BCUT2D eigenvalue weighted by molar-refractivity contribution is 0.377. The van der Waals surface area contributed by atoms with Crippen molar-refractivity contribution in [2.24, 2.45) is 0 Å². The first-order chi connectivity index (χ1) is 9.71. The summed E-state index contributed by atoms with van der Waals surface area (Å²) in [6.07, 6.45) is 0. The van der Waals surface area contributed by atoms with E-state index in [1.54, 1.807) is 13.0 Å². The van der Waals surface area contributed by atoms with Crippen molar-refractivity contribution in [3.05, 3.63) is 39.9 Å². The molecule has 0 atom stereocenters. The number of nitrogens with two attached hydrogens (primary N) is 1. The van der Waals surface area contributed by atoms with Crippen molar-refractivity contribution in [3.63, 3.8) is 0 Å². The number of hydrogen-bond donors (Lipinski definition) is 1. The summed E-state index contributed by atoms with van der Waals surface area (Å²) in [5, 5.41) is 3.71. The van der Waals surface area contributed by atoms with E-state index in [1.807, 2.05) is 0 Å². The maximum absolute atomic E-state index is 14.0. The second-order valence-electron chi connectivity index (χ2n) is 4.50. The Morgan fingerprint density at radius 3 is 2.67 bits per heavy atom. The Kier molecular flexibility index (Phi) is 4.35. The molecule has 0 saturated heterocycles. The Bertz CT molecular complexity index is 776. The van der Waals surface area contributed by atoms with E-state index >= 15 is 0 Å².